The van der Waals surface area contributed by atoms with Gasteiger partial charge in [-0.05, 0) is 64.8 Å². The van der Waals surface area contributed by atoms with Crippen LogP contribution < -0.4 is 5.32 Å². The van der Waals surface area contributed by atoms with Crippen molar-refractivity contribution in [2.24, 2.45) is 11.8 Å². The van der Waals surface area contributed by atoms with Gasteiger partial charge >= 0.3 is 5.97 Å². The molecule has 3 unspecified atom stereocenters. The molecule has 4 heteroatoms. The number of likely N-dealkylation sites (tertiary alicyclic amines) is 1. The zero-order chi connectivity index (χ0) is 14.8. The van der Waals surface area contributed by atoms with Gasteiger partial charge in [0.1, 0.15) is 5.54 Å². The Morgan fingerprint density at radius 3 is 2.45 bits per heavy atom. The first-order chi connectivity index (χ1) is 9.40. The molecule has 4 nitrogen and oxygen atoms in total. The predicted octanol–water partition coefficient (Wildman–Crippen LogP) is 2.34. The molecule has 2 fully saturated rings. The van der Waals surface area contributed by atoms with Gasteiger partial charge in [-0.2, -0.15) is 0 Å². The molecular weight excluding hydrogens is 252 g/mol. The smallest absolute Gasteiger partial charge is 0.323 e. The maximum atomic E-state index is 11.5. The van der Waals surface area contributed by atoms with Gasteiger partial charge in [0.15, 0.2) is 0 Å². The molecule has 0 amide bonds. The number of carbonyl (C=O) groups is 1. The lowest BCUT2D eigenvalue weighted by atomic mass is 9.94. The van der Waals surface area contributed by atoms with Crippen molar-refractivity contribution in [2.45, 2.75) is 64.5 Å². The highest BCUT2D eigenvalue weighted by Crippen LogP contribution is 2.37. The number of hydrogen-bond acceptors (Lipinski definition) is 3. The summed E-state index contributed by atoms with van der Waals surface area (Å²) < 4.78 is 0. The number of carboxylic acids is 1. The van der Waals surface area contributed by atoms with E-state index >= 15 is 0 Å². The van der Waals surface area contributed by atoms with Crippen LogP contribution >= 0.6 is 0 Å². The summed E-state index contributed by atoms with van der Waals surface area (Å²) >= 11 is 0. The summed E-state index contributed by atoms with van der Waals surface area (Å²) in [5, 5.41) is 12.6. The van der Waals surface area contributed by atoms with E-state index in [1.807, 2.05) is 20.8 Å². The molecule has 1 heterocycles. The lowest BCUT2D eigenvalue weighted by Gasteiger charge is -2.29. The second-order valence-electron chi connectivity index (χ2n) is 7.25. The molecule has 3 atom stereocenters. The fraction of sp³-hybridized carbons (Fsp3) is 0.938. The maximum Gasteiger partial charge on any atom is 0.323 e. The molecule has 0 spiro atoms. The summed E-state index contributed by atoms with van der Waals surface area (Å²) in [6, 6.07) is 0.197. The molecule has 116 valence electrons. The average Bonchev–Trinajstić information content (AvgIpc) is 2.88. The third kappa shape index (κ3) is 3.73. The van der Waals surface area contributed by atoms with E-state index in [2.05, 4.69) is 10.2 Å². The van der Waals surface area contributed by atoms with Gasteiger partial charge < -0.3 is 10.0 Å². The number of nitrogens with zero attached hydrogens (tertiary/aromatic N) is 1. The van der Waals surface area contributed by atoms with E-state index in [0.29, 0.717) is 6.42 Å². The van der Waals surface area contributed by atoms with E-state index in [4.69, 9.17) is 0 Å². The molecule has 20 heavy (non-hydrogen) atoms. The van der Waals surface area contributed by atoms with Crippen LogP contribution in [-0.4, -0.2) is 47.2 Å². The summed E-state index contributed by atoms with van der Waals surface area (Å²) in [6.45, 7) is 9.35. The highest BCUT2D eigenvalue weighted by Gasteiger charge is 2.37. The highest BCUT2D eigenvalue weighted by atomic mass is 16.4. The number of rotatable bonds is 7. The second kappa shape index (κ2) is 6.44. The Balaban J connectivity index is 1.75. The van der Waals surface area contributed by atoms with Gasteiger partial charge in [0.25, 0.3) is 0 Å². The third-order valence-corrected chi connectivity index (χ3v) is 5.03. The van der Waals surface area contributed by atoms with Gasteiger partial charge in [-0.3, -0.25) is 10.1 Å². The zero-order valence-corrected chi connectivity index (χ0v) is 13.2. The van der Waals surface area contributed by atoms with Crippen molar-refractivity contribution in [2.75, 3.05) is 19.6 Å². The second-order valence-corrected chi connectivity index (χ2v) is 7.25. The minimum Gasteiger partial charge on any atom is -0.480 e. The quantitative estimate of drug-likeness (QED) is 0.752. The van der Waals surface area contributed by atoms with E-state index < -0.39 is 11.5 Å². The van der Waals surface area contributed by atoms with Crippen molar-refractivity contribution in [3.8, 4) is 0 Å². The monoisotopic (exact) mass is 282 g/mol. The van der Waals surface area contributed by atoms with Crippen molar-refractivity contribution >= 4 is 5.97 Å². The van der Waals surface area contributed by atoms with Crippen molar-refractivity contribution in [1.82, 2.24) is 10.2 Å². The largest absolute Gasteiger partial charge is 0.480 e. The number of hydrogen-bond donors (Lipinski definition) is 2. The van der Waals surface area contributed by atoms with Crippen molar-refractivity contribution in [3.63, 3.8) is 0 Å². The number of carboxylic acid groups (broad SMARTS) is 1. The van der Waals surface area contributed by atoms with Gasteiger partial charge in [0.05, 0.1) is 0 Å². The molecule has 1 aliphatic heterocycles. The van der Waals surface area contributed by atoms with Crippen LogP contribution in [0.25, 0.3) is 0 Å². The first kappa shape index (κ1) is 15.8. The van der Waals surface area contributed by atoms with E-state index in [9.17, 15) is 9.90 Å². The van der Waals surface area contributed by atoms with Crippen LogP contribution in [0.4, 0.5) is 0 Å². The fourth-order valence-electron chi connectivity index (χ4n) is 4.05. The fourth-order valence-corrected chi connectivity index (χ4v) is 4.05. The first-order valence-electron chi connectivity index (χ1n) is 8.14. The zero-order valence-electron chi connectivity index (χ0n) is 13.2. The third-order valence-electron chi connectivity index (χ3n) is 5.03. The molecule has 0 aromatic heterocycles. The van der Waals surface area contributed by atoms with Crippen LogP contribution in [0, 0.1) is 11.8 Å². The van der Waals surface area contributed by atoms with Crippen LogP contribution in [0.1, 0.15) is 52.9 Å². The standard InChI is InChI=1S/C16H30N2O2/c1-12(2)17-16(3,15(19)20)8-5-9-18-10-13-6-4-7-14(13)11-18/h12-14,17H,4-11H2,1-3H3,(H,19,20). The maximum absolute atomic E-state index is 11.5. The molecule has 2 rings (SSSR count). The van der Waals surface area contributed by atoms with Crippen LogP contribution in [0.3, 0.4) is 0 Å². The van der Waals surface area contributed by atoms with Gasteiger partial charge in [0.2, 0.25) is 0 Å². The summed E-state index contributed by atoms with van der Waals surface area (Å²) in [7, 11) is 0. The van der Waals surface area contributed by atoms with E-state index in [1.54, 1.807) is 0 Å². The molecule has 0 aromatic rings. The Hall–Kier alpha value is -0.610. The molecule has 1 saturated carbocycles. The molecule has 2 N–H and O–H groups in total. The molecule has 0 bridgehead atoms. The van der Waals surface area contributed by atoms with E-state index in [-0.39, 0.29) is 6.04 Å². The van der Waals surface area contributed by atoms with Gasteiger partial charge in [0, 0.05) is 19.1 Å². The first-order valence-corrected chi connectivity index (χ1v) is 8.14. The van der Waals surface area contributed by atoms with E-state index in [1.165, 1.54) is 32.4 Å². The summed E-state index contributed by atoms with van der Waals surface area (Å²) in [5.74, 6) is 1.12. The molecule has 1 saturated heterocycles. The Labute approximate surface area is 122 Å². The van der Waals surface area contributed by atoms with Crippen molar-refractivity contribution in [1.29, 1.82) is 0 Å². The van der Waals surface area contributed by atoms with E-state index in [0.717, 1.165) is 24.8 Å². The van der Waals surface area contributed by atoms with Crippen LogP contribution in [0.5, 0.6) is 0 Å². The number of fused-ring (bicyclic) bond motifs is 1. The number of nitrogens with one attached hydrogen (secondary N) is 1. The average molecular weight is 282 g/mol. The lowest BCUT2D eigenvalue weighted by Crippen LogP contribution is -2.52. The normalized spacial score (nSPS) is 29.6. The molecule has 0 aromatic carbocycles. The van der Waals surface area contributed by atoms with Crippen LogP contribution in [0.15, 0.2) is 0 Å². The lowest BCUT2D eigenvalue weighted by molar-refractivity contribution is -0.144. The van der Waals surface area contributed by atoms with Crippen molar-refractivity contribution < 1.29 is 9.90 Å². The topological polar surface area (TPSA) is 52.6 Å². The Morgan fingerprint density at radius 1 is 1.35 bits per heavy atom. The Kier molecular flexibility index (Phi) is 5.08. The Bertz CT molecular complexity index is 333. The predicted molar refractivity (Wildman–Crippen MR) is 80.8 cm³/mol. The Morgan fingerprint density at radius 2 is 1.95 bits per heavy atom. The van der Waals surface area contributed by atoms with Gasteiger partial charge in [-0.15, -0.1) is 0 Å². The SMILES string of the molecule is CC(C)NC(C)(CCCN1CC2CCCC2C1)C(=O)O. The summed E-state index contributed by atoms with van der Waals surface area (Å²) in [4.78, 5) is 14.0. The van der Waals surface area contributed by atoms with Gasteiger partial charge in [-0.25, -0.2) is 0 Å². The number of aliphatic carboxylic acids is 1. The molecule has 1 aliphatic carbocycles. The molecule has 2 aliphatic rings. The van der Waals surface area contributed by atoms with Crippen molar-refractivity contribution in [3.05, 3.63) is 0 Å². The van der Waals surface area contributed by atoms with Crippen LogP contribution in [0.2, 0.25) is 0 Å². The minimum absolute atomic E-state index is 0.197. The molecular formula is C16H30N2O2. The summed E-state index contributed by atoms with van der Waals surface area (Å²) in [6.07, 6.45) is 5.89. The summed E-state index contributed by atoms with van der Waals surface area (Å²) in [5.41, 5.74) is -0.788. The van der Waals surface area contributed by atoms with Crippen LogP contribution in [-0.2, 0) is 4.79 Å². The van der Waals surface area contributed by atoms with Gasteiger partial charge in [-0.1, -0.05) is 6.42 Å². The molecule has 0 radical (unpaired) electrons. The highest BCUT2D eigenvalue weighted by molar-refractivity contribution is 5.78. The minimum atomic E-state index is -0.788.